The summed E-state index contributed by atoms with van der Waals surface area (Å²) in [5.41, 5.74) is -1.51. The molecule has 0 bridgehead atoms. The molecule has 0 spiro atoms. The van der Waals surface area contributed by atoms with Crippen LogP contribution >= 0.6 is 0 Å². The van der Waals surface area contributed by atoms with Crippen LogP contribution in [0.2, 0.25) is 0 Å². The molecule has 1 aromatic rings. The number of nitrogens with zero attached hydrogens (tertiary/aromatic N) is 1. The van der Waals surface area contributed by atoms with Crippen LogP contribution in [0.25, 0.3) is 0 Å². The average Bonchev–Trinajstić information content (AvgIpc) is 2.85. The summed E-state index contributed by atoms with van der Waals surface area (Å²) in [6, 6.07) is 0. The predicted octanol–water partition coefficient (Wildman–Crippen LogP) is -2.48. The van der Waals surface area contributed by atoms with Gasteiger partial charge in [-0.05, 0) is 0 Å². The molecule has 4 atom stereocenters. The predicted molar refractivity (Wildman–Crippen MR) is 74.8 cm³/mol. The third-order valence-corrected chi connectivity index (χ3v) is 3.64. The van der Waals surface area contributed by atoms with Crippen LogP contribution in [0, 0.1) is 0 Å². The van der Waals surface area contributed by atoms with Crippen LogP contribution in [-0.4, -0.2) is 64.9 Å². The van der Waals surface area contributed by atoms with Crippen molar-refractivity contribution in [1.82, 2.24) is 9.55 Å². The fourth-order valence-electron chi connectivity index (χ4n) is 2.42. The van der Waals surface area contributed by atoms with Crippen molar-refractivity contribution in [3.05, 3.63) is 32.6 Å². The zero-order valence-electron chi connectivity index (χ0n) is 12.6. The first kappa shape index (κ1) is 17.3. The highest BCUT2D eigenvalue weighted by Gasteiger charge is 2.45. The molecule has 1 aliphatic heterocycles. The SMILES string of the molecule is COC(=O)Cc1cn([C@H]2O[C@@H](CO)C(O)C2OC)c(=O)[nH]c1=O. The van der Waals surface area contributed by atoms with E-state index in [0.717, 1.165) is 10.8 Å². The molecule has 1 aliphatic rings. The van der Waals surface area contributed by atoms with Crippen LogP contribution in [0.4, 0.5) is 0 Å². The molecule has 1 fully saturated rings. The van der Waals surface area contributed by atoms with E-state index in [1.807, 2.05) is 0 Å². The molecule has 1 aromatic heterocycles. The first-order valence-corrected chi connectivity index (χ1v) is 6.81. The van der Waals surface area contributed by atoms with Gasteiger partial charge in [0.15, 0.2) is 6.23 Å². The minimum absolute atomic E-state index is 0.00292. The van der Waals surface area contributed by atoms with E-state index in [1.54, 1.807) is 0 Å². The van der Waals surface area contributed by atoms with Gasteiger partial charge in [-0.2, -0.15) is 0 Å². The smallest absolute Gasteiger partial charge is 0.330 e. The van der Waals surface area contributed by atoms with Crippen molar-refractivity contribution in [1.29, 1.82) is 0 Å². The maximum Gasteiger partial charge on any atom is 0.330 e. The largest absolute Gasteiger partial charge is 0.469 e. The topological polar surface area (TPSA) is 140 Å². The van der Waals surface area contributed by atoms with E-state index in [4.69, 9.17) is 9.47 Å². The molecule has 0 saturated carbocycles. The number of carbonyl (C=O) groups is 1. The second-order valence-corrected chi connectivity index (χ2v) is 5.01. The van der Waals surface area contributed by atoms with E-state index in [1.165, 1.54) is 14.2 Å². The fourth-order valence-corrected chi connectivity index (χ4v) is 2.42. The molecular formula is C13H18N2O8. The zero-order valence-corrected chi connectivity index (χ0v) is 12.6. The van der Waals surface area contributed by atoms with Crippen molar-refractivity contribution >= 4 is 5.97 Å². The molecule has 0 aromatic carbocycles. The van der Waals surface area contributed by atoms with Crippen molar-refractivity contribution in [3.63, 3.8) is 0 Å². The van der Waals surface area contributed by atoms with E-state index < -0.39 is 48.4 Å². The summed E-state index contributed by atoms with van der Waals surface area (Å²) in [4.78, 5) is 37.2. The highest BCUT2D eigenvalue weighted by molar-refractivity contribution is 5.72. The molecule has 10 nitrogen and oxygen atoms in total. The Balaban J connectivity index is 2.42. The normalized spacial score (nSPS) is 27.1. The third kappa shape index (κ3) is 3.34. The standard InChI is InChI=1S/C13H18N2O8/c1-21-8(17)3-6-4-15(13(20)14-11(6)19)12-10(22-2)9(18)7(5-16)23-12/h4,7,9-10,12,16,18H,3,5H2,1-2H3,(H,14,19,20)/t7-,9?,10?,12-/m0/s1. The Bertz CT molecular complexity index is 681. The van der Waals surface area contributed by atoms with Gasteiger partial charge in [0.25, 0.3) is 5.56 Å². The molecule has 128 valence electrons. The summed E-state index contributed by atoms with van der Waals surface area (Å²) >= 11 is 0. The van der Waals surface area contributed by atoms with Crippen LogP contribution in [0.1, 0.15) is 11.8 Å². The third-order valence-electron chi connectivity index (χ3n) is 3.64. The highest BCUT2D eigenvalue weighted by Crippen LogP contribution is 2.30. The number of aliphatic hydroxyl groups is 2. The Labute approximate surface area is 130 Å². The average molecular weight is 330 g/mol. The molecule has 0 amide bonds. The van der Waals surface area contributed by atoms with Gasteiger partial charge in [-0.1, -0.05) is 0 Å². The number of aromatic amines is 1. The van der Waals surface area contributed by atoms with Gasteiger partial charge in [0.1, 0.15) is 18.3 Å². The van der Waals surface area contributed by atoms with Crippen LogP contribution < -0.4 is 11.2 Å². The molecule has 0 radical (unpaired) electrons. The number of ether oxygens (including phenoxy) is 3. The molecule has 1 saturated heterocycles. The Morgan fingerprint density at radius 2 is 2.13 bits per heavy atom. The monoisotopic (exact) mass is 330 g/mol. The van der Waals surface area contributed by atoms with Gasteiger partial charge in [0, 0.05) is 18.9 Å². The number of H-pyrrole nitrogens is 1. The van der Waals surface area contributed by atoms with Crippen LogP contribution in [0.3, 0.4) is 0 Å². The second kappa shape index (κ2) is 7.04. The molecule has 23 heavy (non-hydrogen) atoms. The molecule has 0 aliphatic carbocycles. The van der Waals surface area contributed by atoms with Crippen molar-refractivity contribution < 1.29 is 29.2 Å². The van der Waals surface area contributed by atoms with E-state index >= 15 is 0 Å². The van der Waals surface area contributed by atoms with Crippen LogP contribution in [0.15, 0.2) is 15.8 Å². The van der Waals surface area contributed by atoms with Gasteiger partial charge < -0.3 is 24.4 Å². The van der Waals surface area contributed by atoms with E-state index in [2.05, 4.69) is 9.72 Å². The number of aliphatic hydroxyl groups excluding tert-OH is 2. The lowest BCUT2D eigenvalue weighted by Crippen LogP contribution is -2.40. The van der Waals surface area contributed by atoms with Gasteiger partial charge in [0.05, 0.1) is 20.1 Å². The number of methoxy groups -OCH3 is 2. The van der Waals surface area contributed by atoms with Gasteiger partial charge in [-0.3, -0.25) is 19.1 Å². The Kier molecular flexibility index (Phi) is 5.31. The number of rotatable bonds is 5. The van der Waals surface area contributed by atoms with Gasteiger partial charge in [0.2, 0.25) is 0 Å². The van der Waals surface area contributed by atoms with E-state index in [0.29, 0.717) is 0 Å². The number of nitrogens with one attached hydrogen (secondary N) is 1. The molecule has 10 heteroatoms. The van der Waals surface area contributed by atoms with Crippen molar-refractivity contribution in [2.45, 2.75) is 31.0 Å². The summed E-state index contributed by atoms with van der Waals surface area (Å²) in [6.07, 6.45) is -3.26. The summed E-state index contributed by atoms with van der Waals surface area (Å²) < 4.78 is 16.0. The van der Waals surface area contributed by atoms with E-state index in [-0.39, 0.29) is 12.0 Å². The number of carbonyl (C=O) groups excluding carboxylic acids is 1. The summed E-state index contributed by atoms with van der Waals surface area (Å²) in [7, 11) is 2.49. The number of hydrogen-bond donors (Lipinski definition) is 3. The maximum atomic E-state index is 12.0. The minimum Gasteiger partial charge on any atom is -0.469 e. The van der Waals surface area contributed by atoms with Crippen molar-refractivity contribution in [3.8, 4) is 0 Å². The van der Waals surface area contributed by atoms with Gasteiger partial charge in [-0.15, -0.1) is 0 Å². The number of esters is 1. The first-order valence-electron chi connectivity index (χ1n) is 6.81. The fraction of sp³-hybridized carbons (Fsp3) is 0.615. The van der Waals surface area contributed by atoms with Crippen LogP contribution in [0.5, 0.6) is 0 Å². The van der Waals surface area contributed by atoms with Gasteiger partial charge >= 0.3 is 11.7 Å². The van der Waals surface area contributed by atoms with Gasteiger partial charge in [-0.25, -0.2) is 4.79 Å². The molecule has 2 heterocycles. The lowest BCUT2D eigenvalue weighted by atomic mass is 10.1. The number of aromatic nitrogens is 2. The zero-order chi connectivity index (χ0) is 17.1. The lowest BCUT2D eigenvalue weighted by Gasteiger charge is -2.20. The molecule has 2 rings (SSSR count). The Hall–Kier alpha value is -2.01. The maximum absolute atomic E-state index is 12.0. The minimum atomic E-state index is -1.15. The molecule has 3 N–H and O–H groups in total. The van der Waals surface area contributed by atoms with Crippen molar-refractivity contribution in [2.24, 2.45) is 0 Å². The molecular weight excluding hydrogens is 312 g/mol. The Morgan fingerprint density at radius 1 is 1.43 bits per heavy atom. The molecule has 2 unspecified atom stereocenters. The summed E-state index contributed by atoms with van der Waals surface area (Å²) in [6.45, 7) is -0.468. The van der Waals surface area contributed by atoms with E-state index in [9.17, 15) is 24.6 Å². The second-order valence-electron chi connectivity index (χ2n) is 5.01. The lowest BCUT2D eigenvalue weighted by molar-refractivity contribution is -0.139. The first-order chi connectivity index (χ1) is 10.9. The summed E-state index contributed by atoms with van der Waals surface area (Å²) in [5, 5.41) is 19.2. The summed E-state index contributed by atoms with van der Waals surface area (Å²) in [5.74, 6) is -0.649. The number of hydrogen-bond acceptors (Lipinski definition) is 8. The van der Waals surface area contributed by atoms with Crippen molar-refractivity contribution in [2.75, 3.05) is 20.8 Å². The van der Waals surface area contributed by atoms with Crippen LogP contribution in [-0.2, 0) is 25.4 Å². The highest BCUT2D eigenvalue weighted by atomic mass is 16.6. The Morgan fingerprint density at radius 3 is 2.70 bits per heavy atom. The quantitative estimate of drug-likeness (QED) is 0.504.